The molecule has 0 unspecified atom stereocenters. The average Bonchev–Trinajstić information content (AvgIpc) is 3.23. The Balaban J connectivity index is 1.70. The van der Waals surface area contributed by atoms with E-state index >= 15 is 0 Å². The number of ether oxygens (including phenoxy) is 1. The highest BCUT2D eigenvalue weighted by Gasteiger charge is 2.57. The topological polar surface area (TPSA) is 88.6 Å². The highest BCUT2D eigenvalue weighted by atomic mass is 32.2. The van der Waals surface area contributed by atoms with E-state index in [4.69, 9.17) is 4.74 Å². The van der Waals surface area contributed by atoms with Crippen LogP contribution in [0.15, 0.2) is 0 Å². The number of unbranched alkanes of at least 4 members (excludes halogenated alkanes) is 1. The van der Waals surface area contributed by atoms with Crippen molar-refractivity contribution < 1.29 is 17.9 Å². The number of thiazole rings is 1. The zero-order valence-corrected chi connectivity index (χ0v) is 17.2. The van der Waals surface area contributed by atoms with Gasteiger partial charge in [-0.05, 0) is 20.3 Å². The van der Waals surface area contributed by atoms with Gasteiger partial charge in [0.1, 0.15) is 0 Å². The van der Waals surface area contributed by atoms with E-state index in [0.717, 1.165) is 22.0 Å². The van der Waals surface area contributed by atoms with E-state index in [0.29, 0.717) is 26.1 Å². The summed E-state index contributed by atoms with van der Waals surface area (Å²) >= 11 is 1.57. The van der Waals surface area contributed by atoms with Crippen molar-refractivity contribution in [3.05, 3.63) is 15.6 Å². The van der Waals surface area contributed by atoms with Gasteiger partial charge in [0.15, 0.2) is 0 Å². The number of fused-ring (bicyclic) bond motifs is 1. The molecule has 0 radical (unpaired) electrons. The predicted octanol–water partition coefficient (Wildman–Crippen LogP) is 1.45. The standard InChI is InChI=1S/C17H27N3O4S2/c1-4-5-6-26(22,23)20-8-14-9-24-11-17(14,10-20)16(21)18-7-15-12(2)19-13(3)25-15/h14H,4-11H2,1-3H3,(H,18,21)/t14-,17-/m1/s1. The summed E-state index contributed by atoms with van der Waals surface area (Å²) in [6.07, 6.45) is 1.47. The average molecular weight is 402 g/mol. The quantitative estimate of drug-likeness (QED) is 0.747. The first-order chi connectivity index (χ1) is 12.3. The van der Waals surface area contributed by atoms with E-state index in [9.17, 15) is 13.2 Å². The fraction of sp³-hybridized carbons (Fsp3) is 0.765. The molecular formula is C17H27N3O4S2. The number of hydrogen-bond acceptors (Lipinski definition) is 6. The van der Waals surface area contributed by atoms with Crippen molar-refractivity contribution in [3.8, 4) is 0 Å². The number of sulfonamides is 1. The molecule has 0 saturated carbocycles. The summed E-state index contributed by atoms with van der Waals surface area (Å²) < 4.78 is 32.2. The first-order valence-corrected chi connectivity index (χ1v) is 11.5. The second kappa shape index (κ2) is 7.53. The molecule has 2 saturated heterocycles. The molecule has 9 heteroatoms. The van der Waals surface area contributed by atoms with Gasteiger partial charge in [-0.3, -0.25) is 4.79 Å². The van der Waals surface area contributed by atoms with Crippen LogP contribution in [0, 0.1) is 25.2 Å². The highest BCUT2D eigenvalue weighted by molar-refractivity contribution is 7.89. The summed E-state index contributed by atoms with van der Waals surface area (Å²) in [5.41, 5.74) is 0.159. The van der Waals surface area contributed by atoms with Crippen molar-refractivity contribution >= 4 is 27.3 Å². The summed E-state index contributed by atoms with van der Waals surface area (Å²) in [6, 6.07) is 0. The van der Waals surface area contributed by atoms with Gasteiger partial charge in [-0.15, -0.1) is 11.3 Å². The van der Waals surface area contributed by atoms with Crippen molar-refractivity contribution in [2.24, 2.45) is 11.3 Å². The minimum Gasteiger partial charge on any atom is -0.380 e. The van der Waals surface area contributed by atoms with Crippen molar-refractivity contribution in [3.63, 3.8) is 0 Å². The van der Waals surface area contributed by atoms with Gasteiger partial charge in [0.2, 0.25) is 15.9 Å². The molecule has 3 rings (SSSR count). The van der Waals surface area contributed by atoms with Crippen molar-refractivity contribution in [2.75, 3.05) is 32.1 Å². The molecule has 146 valence electrons. The van der Waals surface area contributed by atoms with Gasteiger partial charge in [-0.2, -0.15) is 0 Å². The molecule has 1 N–H and O–H groups in total. The molecule has 26 heavy (non-hydrogen) atoms. The number of aromatic nitrogens is 1. The number of hydrogen-bond donors (Lipinski definition) is 1. The number of aryl methyl sites for hydroxylation is 2. The Bertz CT molecular complexity index is 777. The zero-order chi connectivity index (χ0) is 18.9. The van der Waals surface area contributed by atoms with Crippen LogP contribution in [0.4, 0.5) is 0 Å². The molecule has 0 bridgehead atoms. The third kappa shape index (κ3) is 3.67. The summed E-state index contributed by atoms with van der Waals surface area (Å²) in [5.74, 6) is -0.0458. The number of carbonyl (C=O) groups is 1. The number of amides is 1. The van der Waals surface area contributed by atoms with Crippen LogP contribution in [0.3, 0.4) is 0 Å². The number of nitrogens with zero attached hydrogens (tertiary/aromatic N) is 2. The van der Waals surface area contributed by atoms with E-state index in [2.05, 4.69) is 10.3 Å². The number of nitrogens with one attached hydrogen (secondary N) is 1. The molecule has 1 aromatic heterocycles. The minimum atomic E-state index is -3.32. The van der Waals surface area contributed by atoms with Gasteiger partial charge >= 0.3 is 0 Å². The molecule has 2 atom stereocenters. The molecule has 0 aliphatic carbocycles. The fourth-order valence-corrected chi connectivity index (χ4v) is 6.38. The molecule has 1 amide bonds. The maximum atomic E-state index is 13.0. The lowest BCUT2D eigenvalue weighted by molar-refractivity contribution is -0.131. The molecule has 2 fully saturated rings. The highest BCUT2D eigenvalue weighted by Crippen LogP contribution is 2.42. The maximum Gasteiger partial charge on any atom is 0.230 e. The fourth-order valence-electron chi connectivity index (χ4n) is 3.75. The van der Waals surface area contributed by atoms with Crippen LogP contribution in [0.25, 0.3) is 0 Å². The van der Waals surface area contributed by atoms with Gasteiger partial charge < -0.3 is 10.1 Å². The lowest BCUT2D eigenvalue weighted by Gasteiger charge is -2.25. The smallest absolute Gasteiger partial charge is 0.230 e. The van der Waals surface area contributed by atoms with Crippen LogP contribution >= 0.6 is 11.3 Å². The SMILES string of the molecule is CCCCS(=O)(=O)N1C[C@@H]2COC[C@]2(C(=O)NCc2sc(C)nc2C)C1. The molecule has 3 heterocycles. The van der Waals surface area contributed by atoms with Crippen LogP contribution in [0.1, 0.15) is 35.3 Å². The largest absolute Gasteiger partial charge is 0.380 e. The van der Waals surface area contributed by atoms with Gasteiger partial charge in [0, 0.05) is 23.9 Å². The van der Waals surface area contributed by atoms with Crippen LogP contribution in [0.2, 0.25) is 0 Å². The molecule has 0 spiro atoms. The van der Waals surface area contributed by atoms with Crippen LogP contribution in [0.5, 0.6) is 0 Å². The Morgan fingerprint density at radius 3 is 2.88 bits per heavy atom. The maximum absolute atomic E-state index is 13.0. The zero-order valence-electron chi connectivity index (χ0n) is 15.6. The molecule has 7 nitrogen and oxygen atoms in total. The molecule has 0 aromatic carbocycles. The Kier molecular flexibility index (Phi) is 5.72. The lowest BCUT2D eigenvalue weighted by atomic mass is 9.80. The van der Waals surface area contributed by atoms with E-state index in [1.807, 2.05) is 20.8 Å². The third-order valence-corrected chi connectivity index (χ3v) is 8.30. The summed E-state index contributed by atoms with van der Waals surface area (Å²) in [6.45, 7) is 7.58. The van der Waals surface area contributed by atoms with E-state index in [-0.39, 0.29) is 30.7 Å². The summed E-state index contributed by atoms with van der Waals surface area (Å²) in [4.78, 5) is 18.4. The van der Waals surface area contributed by atoms with Gasteiger partial charge in [0.05, 0.1) is 41.6 Å². The second-order valence-corrected chi connectivity index (χ2v) is 10.6. The summed E-state index contributed by atoms with van der Waals surface area (Å²) in [5, 5.41) is 3.98. The van der Waals surface area contributed by atoms with Gasteiger partial charge in [0.25, 0.3) is 0 Å². The Hall–Kier alpha value is -1.03. The van der Waals surface area contributed by atoms with Gasteiger partial charge in [-0.25, -0.2) is 17.7 Å². The molecule has 2 aliphatic rings. The van der Waals surface area contributed by atoms with Crippen molar-refractivity contribution in [1.82, 2.24) is 14.6 Å². The van der Waals surface area contributed by atoms with Crippen LogP contribution in [-0.2, 0) is 26.1 Å². The normalized spacial score (nSPS) is 26.2. The second-order valence-electron chi connectivity index (χ2n) is 7.25. The Morgan fingerprint density at radius 1 is 1.46 bits per heavy atom. The Labute approximate surface area is 159 Å². The predicted molar refractivity (Wildman–Crippen MR) is 100 cm³/mol. The van der Waals surface area contributed by atoms with Crippen LogP contribution < -0.4 is 5.32 Å². The number of carbonyl (C=O) groups excluding carboxylic acids is 1. The van der Waals surface area contributed by atoms with Crippen LogP contribution in [-0.4, -0.2) is 55.7 Å². The monoisotopic (exact) mass is 401 g/mol. The van der Waals surface area contributed by atoms with Crippen molar-refractivity contribution in [1.29, 1.82) is 0 Å². The number of rotatable bonds is 7. The van der Waals surface area contributed by atoms with E-state index in [1.165, 1.54) is 4.31 Å². The molecule has 1 aromatic rings. The Morgan fingerprint density at radius 2 is 2.23 bits per heavy atom. The lowest BCUT2D eigenvalue weighted by Crippen LogP contribution is -2.47. The third-order valence-electron chi connectivity index (χ3n) is 5.35. The molecule has 2 aliphatic heterocycles. The van der Waals surface area contributed by atoms with E-state index < -0.39 is 15.4 Å². The van der Waals surface area contributed by atoms with Crippen molar-refractivity contribution in [2.45, 2.75) is 40.2 Å². The first kappa shape index (κ1) is 19.7. The minimum absolute atomic E-state index is 0.0804. The summed E-state index contributed by atoms with van der Waals surface area (Å²) in [7, 11) is -3.32. The first-order valence-electron chi connectivity index (χ1n) is 9.05. The van der Waals surface area contributed by atoms with Gasteiger partial charge in [-0.1, -0.05) is 13.3 Å². The van der Waals surface area contributed by atoms with E-state index in [1.54, 1.807) is 11.3 Å². The molecular weight excluding hydrogens is 374 g/mol.